The van der Waals surface area contributed by atoms with Gasteiger partial charge in [0.25, 0.3) is 0 Å². The third-order valence-electron chi connectivity index (χ3n) is 0.531. The molecule has 0 aliphatic heterocycles. The van der Waals surface area contributed by atoms with E-state index in [1.165, 1.54) is 0 Å². The molecule has 0 aromatic heterocycles. The number of rotatable bonds is 3. The summed E-state index contributed by atoms with van der Waals surface area (Å²) in [6, 6.07) is 0. The van der Waals surface area contributed by atoms with Gasteiger partial charge in [0.1, 0.15) is 0 Å². The lowest BCUT2D eigenvalue weighted by Gasteiger charge is -1.86. The molecule has 1 heteroatoms. The van der Waals surface area contributed by atoms with Crippen LogP contribution in [-0.4, -0.2) is 5.75 Å². The Hall–Kier alpha value is -0.0900. The molecule has 0 aliphatic rings. The smallest absolute Gasteiger partial charge is 0.0177 e. The second-order valence-corrected chi connectivity index (χ2v) is 2.27. The van der Waals surface area contributed by atoms with Crippen LogP contribution in [0.4, 0.5) is 0 Å². The maximum Gasteiger partial charge on any atom is 0.0177 e. The van der Waals surface area contributed by atoms with E-state index in [1.807, 2.05) is 6.92 Å². The number of hydrogen-bond donors (Lipinski definition) is 0. The van der Waals surface area contributed by atoms with Gasteiger partial charge in [0.15, 0.2) is 0 Å². The molecule has 0 spiro atoms. The van der Waals surface area contributed by atoms with Crippen molar-refractivity contribution in [2.45, 2.75) is 13.3 Å². The minimum atomic E-state index is 0.884. The highest BCUT2D eigenvalue weighted by molar-refractivity contribution is 8.01. The summed E-state index contributed by atoms with van der Waals surface area (Å²) in [6.07, 6.45) is 5.88. The Balaban J connectivity index is 2.60. The van der Waals surface area contributed by atoms with Crippen molar-refractivity contribution in [3.05, 3.63) is 5.75 Å². The van der Waals surface area contributed by atoms with E-state index in [9.17, 15) is 0 Å². The van der Waals surface area contributed by atoms with Crippen molar-refractivity contribution in [1.29, 1.82) is 0 Å². The Morgan fingerprint density at radius 2 is 2.57 bits per heavy atom. The minimum Gasteiger partial charge on any atom is -0.157 e. The number of thioether (sulfide) groups is 1. The molecule has 39 valence electrons. The van der Waals surface area contributed by atoms with Gasteiger partial charge in [-0.15, -0.1) is 12.3 Å². The predicted octanol–water partition coefficient (Wildman–Crippen LogP) is 1.92. The van der Waals surface area contributed by atoms with Gasteiger partial charge in [0.2, 0.25) is 0 Å². The second-order valence-electron chi connectivity index (χ2n) is 1.06. The van der Waals surface area contributed by atoms with E-state index in [0.717, 1.165) is 12.2 Å². The Morgan fingerprint density at radius 1 is 1.86 bits per heavy atom. The summed E-state index contributed by atoms with van der Waals surface area (Å²) in [4.78, 5) is 0. The first kappa shape index (κ1) is 6.91. The van der Waals surface area contributed by atoms with E-state index in [2.05, 4.69) is 11.7 Å². The molecule has 0 saturated carbocycles. The van der Waals surface area contributed by atoms with Gasteiger partial charge in [-0.1, -0.05) is 6.92 Å². The van der Waals surface area contributed by atoms with Gasteiger partial charge in [-0.2, -0.15) is 11.8 Å². The fourth-order valence-electron chi connectivity index (χ4n) is 0.236. The second kappa shape index (κ2) is 5.91. The largest absolute Gasteiger partial charge is 0.157 e. The minimum absolute atomic E-state index is 0.884. The zero-order valence-electron chi connectivity index (χ0n) is 4.48. The summed E-state index contributed by atoms with van der Waals surface area (Å²) < 4.78 is 0. The summed E-state index contributed by atoms with van der Waals surface area (Å²) in [6.45, 7) is 2.02. The molecular formula is C6H9S. The maximum absolute atomic E-state index is 4.99. The lowest BCUT2D eigenvalue weighted by molar-refractivity contribution is 1.30. The number of terminal acetylenes is 1. The topological polar surface area (TPSA) is 0 Å². The van der Waals surface area contributed by atoms with Crippen molar-refractivity contribution in [3.63, 3.8) is 0 Å². The summed E-state index contributed by atoms with van der Waals surface area (Å²) in [5.41, 5.74) is 0. The van der Waals surface area contributed by atoms with E-state index in [-0.39, 0.29) is 0 Å². The maximum atomic E-state index is 4.99. The molecule has 0 bridgehead atoms. The third kappa shape index (κ3) is 5.91. The molecule has 0 amide bonds. The van der Waals surface area contributed by atoms with Crippen molar-refractivity contribution in [2.75, 3.05) is 5.75 Å². The zero-order valence-corrected chi connectivity index (χ0v) is 5.29. The van der Waals surface area contributed by atoms with Crippen LogP contribution in [0.15, 0.2) is 0 Å². The average Bonchev–Trinajstić information content (AvgIpc) is 1.69. The normalized spacial score (nSPS) is 8.00. The molecule has 0 atom stereocenters. The molecule has 1 radical (unpaired) electrons. The molecule has 0 nitrogen and oxygen atoms in total. The molecule has 0 aromatic carbocycles. The summed E-state index contributed by atoms with van der Waals surface area (Å²) in [5.74, 6) is 5.68. The Bertz CT molecular complexity index is 61.1. The molecular weight excluding hydrogens is 104 g/mol. The van der Waals surface area contributed by atoms with Crippen LogP contribution in [0.1, 0.15) is 13.3 Å². The van der Waals surface area contributed by atoms with E-state index in [0.29, 0.717) is 0 Å². The Kier molecular flexibility index (Phi) is 5.83. The summed E-state index contributed by atoms with van der Waals surface area (Å²) in [7, 11) is 0. The van der Waals surface area contributed by atoms with Gasteiger partial charge in [0, 0.05) is 17.9 Å². The molecule has 0 aliphatic carbocycles. The fourth-order valence-corrected chi connectivity index (χ4v) is 0.707. The highest BCUT2D eigenvalue weighted by Crippen LogP contribution is 2.03. The van der Waals surface area contributed by atoms with Gasteiger partial charge >= 0.3 is 0 Å². The van der Waals surface area contributed by atoms with Gasteiger partial charge in [-0.25, -0.2) is 0 Å². The average molecular weight is 113 g/mol. The first-order chi connectivity index (χ1) is 3.41. The first-order valence-electron chi connectivity index (χ1n) is 2.24. The standard InChI is InChI=1S/C6H9S/c1-3-5-6-7-4-2/h1,4H,5-6H2,2H3. The van der Waals surface area contributed by atoms with Gasteiger partial charge in [-0.05, 0) is 0 Å². The van der Waals surface area contributed by atoms with Crippen LogP contribution >= 0.6 is 11.8 Å². The van der Waals surface area contributed by atoms with Crippen molar-refractivity contribution >= 4 is 11.8 Å². The van der Waals surface area contributed by atoms with Crippen LogP contribution in [0, 0.1) is 18.1 Å². The molecule has 0 N–H and O–H groups in total. The predicted molar refractivity (Wildman–Crippen MR) is 35.9 cm³/mol. The van der Waals surface area contributed by atoms with Gasteiger partial charge in [0.05, 0.1) is 0 Å². The van der Waals surface area contributed by atoms with E-state index < -0.39 is 0 Å². The molecule has 0 aromatic rings. The van der Waals surface area contributed by atoms with Crippen LogP contribution in [0.2, 0.25) is 0 Å². The number of hydrogen-bond acceptors (Lipinski definition) is 1. The fraction of sp³-hybridized carbons (Fsp3) is 0.500. The van der Waals surface area contributed by atoms with Crippen molar-refractivity contribution in [2.24, 2.45) is 0 Å². The Morgan fingerprint density at radius 3 is 3.00 bits per heavy atom. The van der Waals surface area contributed by atoms with Crippen LogP contribution in [0.5, 0.6) is 0 Å². The van der Waals surface area contributed by atoms with Gasteiger partial charge < -0.3 is 0 Å². The first-order valence-corrected chi connectivity index (χ1v) is 3.29. The third-order valence-corrected chi connectivity index (χ3v) is 1.30. The van der Waals surface area contributed by atoms with E-state index in [4.69, 9.17) is 6.42 Å². The highest BCUT2D eigenvalue weighted by atomic mass is 32.2. The van der Waals surface area contributed by atoms with E-state index >= 15 is 0 Å². The SMILES string of the molecule is C#CCCS[CH]C. The van der Waals surface area contributed by atoms with Crippen LogP contribution in [0.3, 0.4) is 0 Å². The van der Waals surface area contributed by atoms with Crippen LogP contribution < -0.4 is 0 Å². The van der Waals surface area contributed by atoms with Crippen molar-refractivity contribution in [1.82, 2.24) is 0 Å². The highest BCUT2D eigenvalue weighted by Gasteiger charge is 1.77. The molecule has 7 heavy (non-hydrogen) atoms. The molecule has 0 unspecified atom stereocenters. The monoisotopic (exact) mass is 113 g/mol. The van der Waals surface area contributed by atoms with Gasteiger partial charge in [-0.3, -0.25) is 0 Å². The Labute approximate surface area is 49.7 Å². The van der Waals surface area contributed by atoms with Crippen LogP contribution in [-0.2, 0) is 0 Å². The van der Waals surface area contributed by atoms with E-state index in [1.54, 1.807) is 11.8 Å². The molecule has 0 fully saturated rings. The summed E-state index contributed by atoms with van der Waals surface area (Å²) >= 11 is 1.77. The van der Waals surface area contributed by atoms with Crippen LogP contribution in [0.25, 0.3) is 0 Å². The van der Waals surface area contributed by atoms with Crippen molar-refractivity contribution < 1.29 is 0 Å². The molecule has 0 rings (SSSR count). The lowest BCUT2D eigenvalue weighted by Crippen LogP contribution is -1.70. The van der Waals surface area contributed by atoms with Crippen molar-refractivity contribution in [3.8, 4) is 12.3 Å². The summed E-state index contributed by atoms with van der Waals surface area (Å²) in [5, 5.41) is 0. The molecule has 0 heterocycles. The zero-order chi connectivity index (χ0) is 5.54. The lowest BCUT2D eigenvalue weighted by atomic mass is 10.5. The molecule has 0 saturated heterocycles. The quantitative estimate of drug-likeness (QED) is 0.398.